The zero-order valence-electron chi connectivity index (χ0n) is 14.4. The Bertz CT molecular complexity index is 856. The maximum absolute atomic E-state index is 12.9. The number of non-ortho nitro benzene ring substituents is 1. The van der Waals surface area contributed by atoms with Crippen molar-refractivity contribution in [2.45, 2.75) is 13.0 Å². The van der Waals surface area contributed by atoms with Crippen molar-refractivity contribution < 1.29 is 28.4 Å². The van der Waals surface area contributed by atoms with Gasteiger partial charge in [-0.3, -0.25) is 30.6 Å². The number of benzene rings is 2. The van der Waals surface area contributed by atoms with E-state index in [1.54, 1.807) is 0 Å². The highest BCUT2D eigenvalue weighted by Crippen LogP contribution is 2.23. The highest BCUT2D eigenvalue weighted by molar-refractivity contribution is 5.98. The number of methoxy groups -OCH3 is 1. The van der Waals surface area contributed by atoms with Crippen LogP contribution in [0.3, 0.4) is 0 Å². The molecule has 0 heterocycles. The molecular weight excluding hydrogens is 361 g/mol. The third-order valence-electron chi connectivity index (χ3n) is 3.43. The molecule has 0 bridgehead atoms. The number of amides is 2. The highest BCUT2D eigenvalue weighted by Gasteiger charge is 2.20. The van der Waals surface area contributed by atoms with Crippen molar-refractivity contribution in [1.29, 1.82) is 0 Å². The molecule has 9 nitrogen and oxygen atoms in total. The monoisotopic (exact) mass is 377 g/mol. The van der Waals surface area contributed by atoms with Gasteiger partial charge in [-0.2, -0.15) is 0 Å². The summed E-state index contributed by atoms with van der Waals surface area (Å²) in [5.41, 5.74) is 3.85. The second-order valence-corrected chi connectivity index (χ2v) is 5.30. The zero-order chi connectivity index (χ0) is 20.0. The van der Waals surface area contributed by atoms with E-state index in [9.17, 15) is 24.1 Å². The lowest BCUT2D eigenvalue weighted by Crippen LogP contribution is -2.47. The first kappa shape index (κ1) is 19.6. The molecule has 2 aromatic carbocycles. The van der Waals surface area contributed by atoms with Crippen LogP contribution < -0.4 is 20.3 Å². The molecule has 0 aliphatic rings. The molecule has 2 aromatic rings. The van der Waals surface area contributed by atoms with E-state index >= 15 is 0 Å². The van der Waals surface area contributed by atoms with Gasteiger partial charge < -0.3 is 9.47 Å². The van der Waals surface area contributed by atoms with Gasteiger partial charge in [-0.1, -0.05) is 0 Å². The molecular formula is C17H16FN3O6. The van der Waals surface area contributed by atoms with Crippen LogP contribution in [0.15, 0.2) is 42.5 Å². The zero-order valence-corrected chi connectivity index (χ0v) is 14.4. The normalized spacial score (nSPS) is 11.2. The average Bonchev–Trinajstić information content (AvgIpc) is 2.66. The van der Waals surface area contributed by atoms with Crippen LogP contribution in [0.4, 0.5) is 10.1 Å². The van der Waals surface area contributed by atoms with Gasteiger partial charge in [0.2, 0.25) is 0 Å². The quantitative estimate of drug-likeness (QED) is 0.587. The summed E-state index contributed by atoms with van der Waals surface area (Å²) in [6.45, 7) is 1.43. The van der Waals surface area contributed by atoms with E-state index in [4.69, 9.17) is 9.47 Å². The Morgan fingerprint density at radius 2 is 1.81 bits per heavy atom. The van der Waals surface area contributed by atoms with Crippen LogP contribution >= 0.6 is 0 Å². The highest BCUT2D eigenvalue weighted by atomic mass is 19.1. The fourth-order valence-corrected chi connectivity index (χ4v) is 2.05. The van der Waals surface area contributed by atoms with Crippen molar-refractivity contribution in [3.05, 3.63) is 64.0 Å². The molecule has 0 fully saturated rings. The lowest BCUT2D eigenvalue weighted by Gasteiger charge is -2.15. The molecule has 0 saturated heterocycles. The third kappa shape index (κ3) is 5.14. The Labute approximate surface area is 153 Å². The topological polar surface area (TPSA) is 120 Å². The van der Waals surface area contributed by atoms with Gasteiger partial charge in [0.25, 0.3) is 17.5 Å². The molecule has 2 amide bonds. The predicted octanol–water partition coefficient (Wildman–Crippen LogP) is 1.97. The van der Waals surface area contributed by atoms with Crippen LogP contribution in [-0.2, 0) is 4.79 Å². The van der Waals surface area contributed by atoms with Crippen LogP contribution in [0.5, 0.6) is 11.5 Å². The first-order valence-corrected chi connectivity index (χ1v) is 7.66. The van der Waals surface area contributed by atoms with Gasteiger partial charge in [-0.15, -0.1) is 0 Å². The molecule has 2 rings (SSSR count). The second kappa shape index (κ2) is 8.61. The largest absolute Gasteiger partial charge is 0.496 e. The van der Waals surface area contributed by atoms with Crippen molar-refractivity contribution in [1.82, 2.24) is 10.9 Å². The van der Waals surface area contributed by atoms with Crippen LogP contribution in [-0.4, -0.2) is 30.0 Å². The Hall–Kier alpha value is -3.69. The number of hydrogen-bond donors (Lipinski definition) is 2. The molecule has 0 unspecified atom stereocenters. The molecule has 1 atom stereocenters. The van der Waals surface area contributed by atoms with Crippen LogP contribution in [0.25, 0.3) is 0 Å². The van der Waals surface area contributed by atoms with E-state index in [0.717, 1.165) is 6.07 Å². The van der Waals surface area contributed by atoms with Gasteiger partial charge >= 0.3 is 0 Å². The summed E-state index contributed by atoms with van der Waals surface area (Å²) in [5, 5.41) is 10.8. The van der Waals surface area contributed by atoms with Gasteiger partial charge in [-0.05, 0) is 37.3 Å². The van der Waals surface area contributed by atoms with E-state index in [1.807, 2.05) is 0 Å². The number of halogens is 1. The average molecular weight is 377 g/mol. The van der Waals surface area contributed by atoms with Gasteiger partial charge in [0.1, 0.15) is 17.3 Å². The maximum atomic E-state index is 12.9. The van der Waals surface area contributed by atoms with Crippen LogP contribution in [0.2, 0.25) is 0 Å². The van der Waals surface area contributed by atoms with Crippen molar-refractivity contribution in [3.8, 4) is 11.5 Å². The first-order valence-electron chi connectivity index (χ1n) is 7.66. The first-order chi connectivity index (χ1) is 12.8. The minimum absolute atomic E-state index is 0.1000. The Morgan fingerprint density at radius 3 is 2.41 bits per heavy atom. The van der Waals surface area contributed by atoms with Crippen molar-refractivity contribution in [2.75, 3.05) is 7.11 Å². The van der Waals surface area contributed by atoms with E-state index in [0.29, 0.717) is 0 Å². The van der Waals surface area contributed by atoms with E-state index in [2.05, 4.69) is 10.9 Å². The number of carbonyl (C=O) groups excluding carboxylic acids is 2. The lowest BCUT2D eigenvalue weighted by molar-refractivity contribution is -0.384. The fourth-order valence-electron chi connectivity index (χ4n) is 2.05. The molecule has 0 radical (unpaired) electrons. The SMILES string of the molecule is COc1ccc([N+](=O)[O-])cc1C(=O)NNC(=O)[C@H](C)Oc1ccc(F)cc1. The number of nitro benzene ring substituents is 1. The number of rotatable bonds is 6. The smallest absolute Gasteiger partial charge is 0.279 e. The molecule has 0 aromatic heterocycles. The van der Waals surface area contributed by atoms with Gasteiger partial charge in [0.15, 0.2) is 6.10 Å². The molecule has 10 heteroatoms. The number of hydrazine groups is 1. The maximum Gasteiger partial charge on any atom is 0.279 e. The molecule has 27 heavy (non-hydrogen) atoms. The summed E-state index contributed by atoms with van der Waals surface area (Å²) in [7, 11) is 1.30. The van der Waals surface area contributed by atoms with Crippen molar-refractivity contribution >= 4 is 17.5 Å². The van der Waals surface area contributed by atoms with Crippen LogP contribution in [0, 0.1) is 15.9 Å². The molecule has 0 saturated carbocycles. The summed E-state index contributed by atoms with van der Waals surface area (Å²) in [6.07, 6.45) is -0.997. The Morgan fingerprint density at radius 1 is 1.15 bits per heavy atom. The Kier molecular flexibility index (Phi) is 6.26. The number of ether oxygens (including phenoxy) is 2. The van der Waals surface area contributed by atoms with E-state index in [1.165, 1.54) is 50.4 Å². The second-order valence-electron chi connectivity index (χ2n) is 5.30. The summed E-state index contributed by atoms with van der Waals surface area (Å²) >= 11 is 0. The summed E-state index contributed by atoms with van der Waals surface area (Å²) in [6, 6.07) is 8.55. The summed E-state index contributed by atoms with van der Waals surface area (Å²) < 4.78 is 23.2. The van der Waals surface area contributed by atoms with E-state index < -0.39 is 28.7 Å². The van der Waals surface area contributed by atoms with Gasteiger partial charge in [0.05, 0.1) is 17.6 Å². The molecule has 0 aliphatic carbocycles. The number of carbonyl (C=O) groups is 2. The Balaban J connectivity index is 1.99. The lowest BCUT2D eigenvalue weighted by atomic mass is 10.1. The standard InChI is InChI=1S/C17H16FN3O6/c1-10(27-13-6-3-11(18)4-7-13)16(22)19-20-17(23)14-9-12(21(24)25)5-8-15(14)26-2/h3-10H,1-2H3,(H,19,22)(H,20,23)/t10-/m0/s1. The fraction of sp³-hybridized carbons (Fsp3) is 0.176. The van der Waals surface area contributed by atoms with Crippen LogP contribution in [0.1, 0.15) is 17.3 Å². The van der Waals surface area contributed by atoms with E-state index in [-0.39, 0.29) is 22.7 Å². The van der Waals surface area contributed by atoms with Crippen molar-refractivity contribution in [3.63, 3.8) is 0 Å². The summed E-state index contributed by atoms with van der Waals surface area (Å²) in [5.74, 6) is -1.57. The number of nitrogens with one attached hydrogen (secondary N) is 2. The number of hydrogen-bond acceptors (Lipinski definition) is 6. The van der Waals surface area contributed by atoms with Gasteiger partial charge in [0, 0.05) is 12.1 Å². The predicted molar refractivity (Wildman–Crippen MR) is 91.7 cm³/mol. The summed E-state index contributed by atoms with van der Waals surface area (Å²) in [4.78, 5) is 34.4. The minimum atomic E-state index is -0.997. The van der Waals surface area contributed by atoms with Gasteiger partial charge in [-0.25, -0.2) is 4.39 Å². The molecule has 0 spiro atoms. The molecule has 0 aliphatic heterocycles. The van der Waals surface area contributed by atoms with Crippen molar-refractivity contribution in [2.24, 2.45) is 0 Å². The third-order valence-corrected chi connectivity index (χ3v) is 3.43. The molecule has 142 valence electrons. The number of nitro groups is 1. The number of nitrogens with zero attached hydrogens (tertiary/aromatic N) is 1. The molecule has 2 N–H and O–H groups in total. The minimum Gasteiger partial charge on any atom is -0.496 e.